The fourth-order valence-corrected chi connectivity index (χ4v) is 4.00. The number of carbonyl (C=O) groups excluding carboxylic acids is 1. The summed E-state index contributed by atoms with van der Waals surface area (Å²) in [7, 11) is 1.45. The van der Waals surface area contributed by atoms with Crippen molar-refractivity contribution < 1.29 is 14.4 Å². The Hall–Kier alpha value is -3.63. The molecule has 2 aliphatic rings. The first-order chi connectivity index (χ1) is 15.6. The molecular weight excluding hydrogens is 412 g/mol. The van der Waals surface area contributed by atoms with Crippen LogP contribution in [-0.4, -0.2) is 59.5 Å². The zero-order chi connectivity index (χ0) is 22.3. The van der Waals surface area contributed by atoms with Gasteiger partial charge in [-0.25, -0.2) is 19.7 Å². The Labute approximate surface area is 186 Å². The standard InChI is InChI=1S/C21H28N8O3/c1-31-26-11-17-19(22)24-13-25-20(17)29-9-8-15(12-29)28-21(30)27-14-6-7-18(23-10-14)32-16-4-2-3-5-16/h6-7,10-11,13,15-16H,2-5,8-9,12H2,1H3,(H2,22,24,25)(H2,27,28,30)/b26-11+. The lowest BCUT2D eigenvalue weighted by Gasteiger charge is -2.20. The van der Waals surface area contributed by atoms with Crippen molar-refractivity contribution in [2.24, 2.45) is 5.16 Å². The number of nitrogen functional groups attached to an aromatic ring is 1. The molecule has 32 heavy (non-hydrogen) atoms. The summed E-state index contributed by atoms with van der Waals surface area (Å²) in [4.78, 5) is 31.9. The van der Waals surface area contributed by atoms with Crippen molar-refractivity contribution in [3.63, 3.8) is 0 Å². The van der Waals surface area contributed by atoms with Crippen LogP contribution in [0.1, 0.15) is 37.7 Å². The average Bonchev–Trinajstić information content (AvgIpc) is 3.46. The number of hydrogen-bond donors (Lipinski definition) is 3. The minimum atomic E-state index is -0.286. The monoisotopic (exact) mass is 440 g/mol. The molecule has 0 radical (unpaired) electrons. The van der Waals surface area contributed by atoms with Gasteiger partial charge in [0.1, 0.15) is 31.2 Å². The van der Waals surface area contributed by atoms with Gasteiger partial charge in [-0.15, -0.1) is 0 Å². The van der Waals surface area contributed by atoms with Gasteiger partial charge in [-0.2, -0.15) is 0 Å². The van der Waals surface area contributed by atoms with Gasteiger partial charge in [0.2, 0.25) is 5.88 Å². The van der Waals surface area contributed by atoms with Gasteiger partial charge in [-0.3, -0.25) is 0 Å². The number of nitrogens with zero attached hydrogens (tertiary/aromatic N) is 5. The number of urea groups is 1. The smallest absolute Gasteiger partial charge is 0.319 e. The number of rotatable bonds is 7. The second-order valence-corrected chi connectivity index (χ2v) is 7.85. The van der Waals surface area contributed by atoms with Crippen LogP contribution in [0.15, 0.2) is 29.8 Å². The predicted molar refractivity (Wildman–Crippen MR) is 121 cm³/mol. The number of amides is 2. The van der Waals surface area contributed by atoms with E-state index in [1.807, 2.05) is 4.90 Å². The molecule has 2 fully saturated rings. The van der Waals surface area contributed by atoms with Crippen molar-refractivity contribution in [2.45, 2.75) is 44.2 Å². The number of nitrogens with two attached hydrogens (primary N) is 1. The Kier molecular flexibility index (Phi) is 6.83. The molecule has 4 N–H and O–H groups in total. The molecule has 11 nitrogen and oxygen atoms in total. The van der Waals surface area contributed by atoms with Gasteiger partial charge >= 0.3 is 6.03 Å². The number of pyridine rings is 1. The number of carbonyl (C=O) groups is 1. The molecule has 1 atom stereocenters. The number of hydrogen-bond acceptors (Lipinski definition) is 9. The van der Waals surface area contributed by atoms with Crippen molar-refractivity contribution in [2.75, 3.05) is 36.1 Å². The highest BCUT2D eigenvalue weighted by Crippen LogP contribution is 2.25. The maximum Gasteiger partial charge on any atom is 0.319 e. The lowest BCUT2D eigenvalue weighted by molar-refractivity contribution is 0.201. The van der Waals surface area contributed by atoms with E-state index >= 15 is 0 Å². The Morgan fingerprint density at radius 2 is 2.09 bits per heavy atom. The van der Waals surface area contributed by atoms with Crippen LogP contribution in [0.2, 0.25) is 0 Å². The molecule has 4 rings (SSSR count). The highest BCUT2D eigenvalue weighted by atomic mass is 16.6. The molecule has 1 aliphatic carbocycles. The Morgan fingerprint density at radius 3 is 2.84 bits per heavy atom. The van der Waals surface area contributed by atoms with Gasteiger partial charge in [0, 0.05) is 25.2 Å². The van der Waals surface area contributed by atoms with Gasteiger partial charge in [-0.1, -0.05) is 5.16 Å². The maximum absolute atomic E-state index is 12.5. The first kappa shape index (κ1) is 21.6. The number of nitrogens with one attached hydrogen (secondary N) is 2. The zero-order valence-electron chi connectivity index (χ0n) is 18.0. The van der Waals surface area contributed by atoms with E-state index in [2.05, 4.69) is 30.7 Å². The number of oxime groups is 1. The van der Waals surface area contributed by atoms with Crippen molar-refractivity contribution >= 4 is 29.6 Å². The summed E-state index contributed by atoms with van der Waals surface area (Å²) in [6.45, 7) is 1.30. The van der Waals surface area contributed by atoms with E-state index in [-0.39, 0.29) is 18.2 Å². The van der Waals surface area contributed by atoms with Crippen LogP contribution < -0.4 is 26.0 Å². The van der Waals surface area contributed by atoms with Crippen molar-refractivity contribution in [1.29, 1.82) is 0 Å². The largest absolute Gasteiger partial charge is 0.474 e. The normalized spacial score (nSPS) is 18.8. The highest BCUT2D eigenvalue weighted by Gasteiger charge is 2.27. The topological polar surface area (TPSA) is 140 Å². The molecule has 170 valence electrons. The van der Waals surface area contributed by atoms with Crippen LogP contribution in [0.3, 0.4) is 0 Å². The van der Waals surface area contributed by atoms with Crippen molar-refractivity contribution in [3.05, 3.63) is 30.2 Å². The third-order valence-electron chi connectivity index (χ3n) is 5.59. The van der Waals surface area contributed by atoms with E-state index in [9.17, 15) is 4.79 Å². The number of anilines is 3. The lowest BCUT2D eigenvalue weighted by Crippen LogP contribution is -2.40. The van der Waals surface area contributed by atoms with E-state index < -0.39 is 0 Å². The number of ether oxygens (including phenoxy) is 1. The minimum absolute atomic E-state index is 0.0451. The third kappa shape index (κ3) is 5.34. The lowest BCUT2D eigenvalue weighted by atomic mass is 10.2. The molecule has 2 amide bonds. The molecule has 1 saturated heterocycles. The van der Waals surface area contributed by atoms with Gasteiger partial charge in [-0.05, 0) is 38.2 Å². The van der Waals surface area contributed by atoms with E-state index in [1.54, 1.807) is 18.3 Å². The third-order valence-corrected chi connectivity index (χ3v) is 5.59. The zero-order valence-corrected chi connectivity index (χ0v) is 18.0. The molecule has 1 aliphatic heterocycles. The van der Waals surface area contributed by atoms with E-state index in [4.69, 9.17) is 15.3 Å². The van der Waals surface area contributed by atoms with Gasteiger partial charge in [0.25, 0.3) is 0 Å². The second kappa shape index (κ2) is 10.1. The summed E-state index contributed by atoms with van der Waals surface area (Å²) in [5.74, 6) is 1.56. The Balaban J connectivity index is 1.30. The molecule has 2 aromatic heterocycles. The summed E-state index contributed by atoms with van der Waals surface area (Å²) >= 11 is 0. The predicted octanol–water partition coefficient (Wildman–Crippen LogP) is 2.16. The van der Waals surface area contributed by atoms with Crippen LogP contribution in [0.5, 0.6) is 5.88 Å². The van der Waals surface area contributed by atoms with Gasteiger partial charge in [0.15, 0.2) is 0 Å². The molecule has 0 aromatic carbocycles. The minimum Gasteiger partial charge on any atom is -0.474 e. The molecule has 0 bridgehead atoms. The van der Waals surface area contributed by atoms with E-state index in [0.29, 0.717) is 41.9 Å². The summed E-state index contributed by atoms with van der Waals surface area (Å²) in [6, 6.07) is 3.25. The van der Waals surface area contributed by atoms with Crippen molar-refractivity contribution in [3.8, 4) is 5.88 Å². The Bertz CT molecular complexity index is 947. The fourth-order valence-electron chi connectivity index (χ4n) is 4.00. The molecule has 1 unspecified atom stereocenters. The highest BCUT2D eigenvalue weighted by molar-refractivity contribution is 5.92. The molecule has 0 spiro atoms. The molecule has 1 saturated carbocycles. The second-order valence-electron chi connectivity index (χ2n) is 7.85. The first-order valence-corrected chi connectivity index (χ1v) is 10.7. The molecule has 3 heterocycles. The molecule has 11 heteroatoms. The van der Waals surface area contributed by atoms with Crippen LogP contribution >= 0.6 is 0 Å². The molecule has 2 aromatic rings. The fraction of sp³-hybridized carbons (Fsp3) is 0.476. The van der Waals surface area contributed by atoms with Crippen LogP contribution in [-0.2, 0) is 4.84 Å². The number of aromatic nitrogens is 3. The quantitative estimate of drug-likeness (QED) is 0.439. The van der Waals surface area contributed by atoms with E-state index in [1.165, 1.54) is 32.5 Å². The van der Waals surface area contributed by atoms with Crippen molar-refractivity contribution in [1.82, 2.24) is 20.3 Å². The van der Waals surface area contributed by atoms with E-state index in [0.717, 1.165) is 19.3 Å². The summed E-state index contributed by atoms with van der Waals surface area (Å²) in [6.07, 6.45) is 10.1. The Morgan fingerprint density at radius 1 is 1.25 bits per heavy atom. The SMILES string of the molecule is CO/N=C/c1c(N)ncnc1N1CCC(NC(=O)Nc2ccc(OC3CCCC3)nc2)C1. The van der Waals surface area contributed by atoms with Gasteiger partial charge < -0.3 is 30.8 Å². The van der Waals surface area contributed by atoms with Gasteiger partial charge in [0.05, 0.1) is 23.7 Å². The van der Waals surface area contributed by atoms with Crippen LogP contribution in [0.25, 0.3) is 0 Å². The van der Waals surface area contributed by atoms with Crippen LogP contribution in [0.4, 0.5) is 22.1 Å². The van der Waals surface area contributed by atoms with Crippen LogP contribution in [0, 0.1) is 0 Å². The summed E-state index contributed by atoms with van der Waals surface area (Å²) in [5.41, 5.74) is 7.17. The summed E-state index contributed by atoms with van der Waals surface area (Å²) < 4.78 is 5.86. The molecular formula is C21H28N8O3. The maximum atomic E-state index is 12.5. The summed E-state index contributed by atoms with van der Waals surface area (Å²) in [5, 5.41) is 9.59. The first-order valence-electron chi connectivity index (χ1n) is 10.7. The average molecular weight is 441 g/mol.